The highest BCUT2D eigenvalue weighted by molar-refractivity contribution is 5.93. The van der Waals surface area contributed by atoms with Gasteiger partial charge in [0, 0.05) is 13.0 Å². The number of carbonyl (C=O) groups excluding carboxylic acids is 2. The summed E-state index contributed by atoms with van der Waals surface area (Å²) in [6.45, 7) is -0.518. The third-order valence-corrected chi connectivity index (χ3v) is 4.21. The van der Waals surface area contributed by atoms with Gasteiger partial charge in [0.15, 0.2) is 12.2 Å². The third-order valence-electron chi connectivity index (χ3n) is 4.21. The van der Waals surface area contributed by atoms with Crippen LogP contribution in [0.2, 0.25) is 0 Å². The average Bonchev–Trinajstić information content (AvgIpc) is 3.01. The van der Waals surface area contributed by atoms with Gasteiger partial charge in [-0.1, -0.05) is 24.3 Å². The summed E-state index contributed by atoms with van der Waals surface area (Å²) in [5.41, 5.74) is -0.390. The van der Waals surface area contributed by atoms with Crippen LogP contribution in [-0.2, 0) is 27.0 Å². The second-order valence-corrected chi connectivity index (χ2v) is 6.34. The molecule has 0 saturated carbocycles. The number of hydrogen-bond acceptors (Lipinski definition) is 5. The molecule has 30 heavy (non-hydrogen) atoms. The van der Waals surface area contributed by atoms with E-state index < -0.39 is 41.7 Å². The number of benzene rings is 2. The maximum atomic E-state index is 12.9. The Morgan fingerprint density at radius 3 is 2.53 bits per heavy atom. The summed E-state index contributed by atoms with van der Waals surface area (Å²) >= 11 is 0. The molecule has 1 N–H and O–H groups in total. The molecule has 10 heteroatoms. The second-order valence-electron chi connectivity index (χ2n) is 6.34. The number of nitrogens with one attached hydrogen (secondary N) is 1. The molecule has 0 saturated heterocycles. The fourth-order valence-electron chi connectivity index (χ4n) is 2.85. The van der Waals surface area contributed by atoms with E-state index >= 15 is 0 Å². The molecule has 0 fully saturated rings. The summed E-state index contributed by atoms with van der Waals surface area (Å²) in [4.78, 5) is 35.5. The van der Waals surface area contributed by atoms with Gasteiger partial charge in [-0.2, -0.15) is 13.2 Å². The fourth-order valence-corrected chi connectivity index (χ4v) is 2.85. The first-order valence-corrected chi connectivity index (χ1v) is 8.96. The summed E-state index contributed by atoms with van der Waals surface area (Å²) in [6, 6.07) is 11.3. The van der Waals surface area contributed by atoms with Crippen molar-refractivity contribution in [3.8, 4) is 0 Å². The van der Waals surface area contributed by atoms with E-state index in [9.17, 15) is 27.6 Å². The molecule has 0 bridgehead atoms. The minimum absolute atomic E-state index is 0.0850. The summed E-state index contributed by atoms with van der Waals surface area (Å²) in [5, 5.41) is 2.08. The van der Waals surface area contributed by atoms with Gasteiger partial charge in [0.1, 0.15) is 0 Å². The van der Waals surface area contributed by atoms with E-state index in [-0.39, 0.29) is 19.4 Å². The number of esters is 1. The minimum Gasteiger partial charge on any atom is -0.456 e. The predicted octanol–water partition coefficient (Wildman–Crippen LogP) is 3.58. The van der Waals surface area contributed by atoms with Gasteiger partial charge >= 0.3 is 17.9 Å². The first-order valence-electron chi connectivity index (χ1n) is 8.96. The molecule has 1 heterocycles. The number of hydrogen-bond donors (Lipinski definition) is 1. The molecule has 0 spiro atoms. The summed E-state index contributed by atoms with van der Waals surface area (Å²) < 4.78 is 50.0. The lowest BCUT2D eigenvalue weighted by molar-refractivity contribution is -0.147. The Kier molecular flexibility index (Phi) is 6.24. The van der Waals surface area contributed by atoms with Gasteiger partial charge < -0.3 is 14.5 Å². The summed E-state index contributed by atoms with van der Waals surface area (Å²) in [7, 11) is 0. The highest BCUT2D eigenvalue weighted by Crippen LogP contribution is 2.34. The Hall–Kier alpha value is -3.56. The number of aromatic nitrogens is 1. The van der Waals surface area contributed by atoms with Crippen molar-refractivity contribution in [2.24, 2.45) is 0 Å². The van der Waals surface area contributed by atoms with Crippen LogP contribution in [0.5, 0.6) is 0 Å². The first-order chi connectivity index (χ1) is 14.3. The van der Waals surface area contributed by atoms with E-state index in [0.717, 1.165) is 12.1 Å². The lowest BCUT2D eigenvalue weighted by Crippen LogP contribution is -2.23. The van der Waals surface area contributed by atoms with Gasteiger partial charge in [-0.15, -0.1) is 0 Å². The molecule has 0 aliphatic heterocycles. The number of nitrogens with zero attached hydrogens (tertiary/aromatic N) is 1. The van der Waals surface area contributed by atoms with Crippen molar-refractivity contribution in [2.45, 2.75) is 25.6 Å². The second kappa shape index (κ2) is 8.85. The van der Waals surface area contributed by atoms with Crippen LogP contribution in [0.25, 0.3) is 11.1 Å². The third kappa shape index (κ3) is 5.07. The van der Waals surface area contributed by atoms with Crippen LogP contribution in [0, 0.1) is 0 Å². The Morgan fingerprint density at radius 2 is 1.77 bits per heavy atom. The van der Waals surface area contributed by atoms with Crippen molar-refractivity contribution in [1.82, 2.24) is 4.57 Å². The van der Waals surface area contributed by atoms with Crippen molar-refractivity contribution in [1.29, 1.82) is 0 Å². The lowest BCUT2D eigenvalue weighted by Gasteiger charge is -2.13. The molecule has 0 unspecified atom stereocenters. The number of carbonyl (C=O) groups is 2. The van der Waals surface area contributed by atoms with E-state index in [1.807, 2.05) is 0 Å². The number of fused-ring (bicyclic) bond motifs is 1. The van der Waals surface area contributed by atoms with Crippen LogP contribution in [0.1, 0.15) is 18.4 Å². The standard InChI is InChI=1S/C20H17F3N2O5/c21-20(22,23)13-6-1-2-7-14(13)24-17(26)12-29-18(27)10-5-11-25-15-8-3-4-9-16(15)30-19(25)28/h1-4,6-9H,5,10-12H2,(H,24,26). The topological polar surface area (TPSA) is 90.5 Å². The highest BCUT2D eigenvalue weighted by Gasteiger charge is 2.33. The number of halogens is 3. The van der Waals surface area contributed by atoms with Gasteiger partial charge in [-0.25, -0.2) is 4.79 Å². The maximum Gasteiger partial charge on any atom is 0.419 e. The summed E-state index contributed by atoms with van der Waals surface area (Å²) in [5.74, 6) is -2.15. The zero-order chi connectivity index (χ0) is 21.7. The molecule has 0 atom stereocenters. The van der Waals surface area contributed by atoms with Crippen LogP contribution in [-0.4, -0.2) is 23.1 Å². The molecular formula is C20H17F3N2O5. The quantitative estimate of drug-likeness (QED) is 0.588. The van der Waals surface area contributed by atoms with E-state index in [2.05, 4.69) is 5.32 Å². The number of aryl methyl sites for hydroxylation is 1. The molecular weight excluding hydrogens is 405 g/mol. The smallest absolute Gasteiger partial charge is 0.419 e. The molecule has 1 amide bonds. The number of rotatable bonds is 7. The van der Waals surface area contributed by atoms with Crippen LogP contribution >= 0.6 is 0 Å². The van der Waals surface area contributed by atoms with Gasteiger partial charge in [0.25, 0.3) is 5.91 Å². The molecule has 3 aromatic rings. The highest BCUT2D eigenvalue weighted by atomic mass is 19.4. The van der Waals surface area contributed by atoms with Crippen LogP contribution in [0.4, 0.5) is 18.9 Å². The van der Waals surface area contributed by atoms with E-state index in [1.165, 1.54) is 16.7 Å². The monoisotopic (exact) mass is 422 g/mol. The van der Waals surface area contributed by atoms with Crippen LogP contribution in [0.3, 0.4) is 0 Å². The number of alkyl halides is 3. The minimum atomic E-state index is -4.63. The number of amides is 1. The average molecular weight is 422 g/mol. The molecule has 0 radical (unpaired) electrons. The van der Waals surface area contributed by atoms with Crippen molar-refractivity contribution in [3.05, 3.63) is 64.6 Å². The van der Waals surface area contributed by atoms with Gasteiger partial charge in [-0.3, -0.25) is 14.2 Å². The normalized spacial score (nSPS) is 11.4. The Balaban J connectivity index is 1.48. The predicted molar refractivity (Wildman–Crippen MR) is 101 cm³/mol. The fraction of sp³-hybridized carbons (Fsp3) is 0.250. The van der Waals surface area contributed by atoms with Crippen LogP contribution in [0.15, 0.2) is 57.7 Å². The number of anilines is 1. The van der Waals surface area contributed by atoms with E-state index in [0.29, 0.717) is 11.1 Å². The van der Waals surface area contributed by atoms with Gasteiger partial charge in [0.2, 0.25) is 0 Å². The van der Waals surface area contributed by atoms with Gasteiger partial charge in [-0.05, 0) is 30.7 Å². The SMILES string of the molecule is O=C(COC(=O)CCCn1c(=O)oc2ccccc21)Nc1ccccc1C(F)(F)F. The first kappa shape index (κ1) is 21.2. The van der Waals surface area contributed by atoms with Gasteiger partial charge in [0.05, 0.1) is 16.8 Å². The maximum absolute atomic E-state index is 12.9. The zero-order valence-corrected chi connectivity index (χ0v) is 15.6. The molecule has 0 aliphatic carbocycles. The number of para-hydroxylation sites is 3. The number of ether oxygens (including phenoxy) is 1. The number of oxazole rings is 1. The molecule has 1 aromatic heterocycles. The van der Waals surface area contributed by atoms with Crippen LogP contribution < -0.4 is 11.1 Å². The zero-order valence-electron chi connectivity index (χ0n) is 15.6. The largest absolute Gasteiger partial charge is 0.456 e. The molecule has 3 rings (SSSR count). The molecule has 158 valence electrons. The van der Waals surface area contributed by atoms with Crippen molar-refractivity contribution < 1.29 is 31.9 Å². The van der Waals surface area contributed by atoms with E-state index in [4.69, 9.17) is 9.15 Å². The molecule has 7 nitrogen and oxygen atoms in total. The summed E-state index contributed by atoms with van der Waals surface area (Å²) in [6.07, 6.45) is -4.46. The lowest BCUT2D eigenvalue weighted by atomic mass is 10.1. The Bertz CT molecular complexity index is 1120. The van der Waals surface area contributed by atoms with Crippen molar-refractivity contribution in [2.75, 3.05) is 11.9 Å². The van der Waals surface area contributed by atoms with Crippen molar-refractivity contribution in [3.63, 3.8) is 0 Å². The molecule has 2 aromatic carbocycles. The molecule has 0 aliphatic rings. The van der Waals surface area contributed by atoms with E-state index in [1.54, 1.807) is 24.3 Å². The Labute approximate surface area is 168 Å². The Morgan fingerprint density at radius 1 is 1.07 bits per heavy atom. The van der Waals surface area contributed by atoms with Crippen molar-refractivity contribution >= 4 is 28.7 Å².